The molecule has 84 valence electrons. The van der Waals surface area contributed by atoms with Gasteiger partial charge in [-0.25, -0.2) is 0 Å². The number of likely N-dealkylation sites (tertiary alicyclic amines) is 1. The Hall–Kier alpha value is -0.0800. The molecule has 14 heavy (non-hydrogen) atoms. The van der Waals surface area contributed by atoms with E-state index in [0.29, 0.717) is 0 Å². The third-order valence-corrected chi connectivity index (χ3v) is 3.26. The molecule has 0 aromatic rings. The SMILES string of the molecule is COC1N(C(C)(C)C)CCCC1(C)C. The van der Waals surface area contributed by atoms with Gasteiger partial charge in [-0.2, -0.15) is 0 Å². The molecule has 2 nitrogen and oxygen atoms in total. The van der Waals surface area contributed by atoms with Crippen LogP contribution in [-0.2, 0) is 4.74 Å². The Kier molecular flexibility index (Phi) is 3.27. The van der Waals surface area contributed by atoms with Crippen LogP contribution < -0.4 is 0 Å². The molecule has 0 N–H and O–H groups in total. The second kappa shape index (κ2) is 3.82. The number of hydrogen-bond donors (Lipinski definition) is 0. The van der Waals surface area contributed by atoms with Gasteiger partial charge in [0.2, 0.25) is 0 Å². The Morgan fingerprint density at radius 1 is 1.29 bits per heavy atom. The molecule has 0 spiro atoms. The van der Waals surface area contributed by atoms with Crippen LogP contribution in [0, 0.1) is 5.41 Å². The number of methoxy groups -OCH3 is 1. The van der Waals surface area contributed by atoms with Crippen LogP contribution in [0.2, 0.25) is 0 Å². The molecule has 1 aliphatic rings. The summed E-state index contributed by atoms with van der Waals surface area (Å²) in [5, 5.41) is 0. The van der Waals surface area contributed by atoms with Crippen molar-refractivity contribution in [2.75, 3.05) is 13.7 Å². The summed E-state index contributed by atoms with van der Waals surface area (Å²) >= 11 is 0. The van der Waals surface area contributed by atoms with E-state index in [1.165, 1.54) is 12.8 Å². The quantitative estimate of drug-likeness (QED) is 0.644. The lowest BCUT2D eigenvalue weighted by atomic mass is 9.80. The van der Waals surface area contributed by atoms with Gasteiger partial charge in [0.15, 0.2) is 0 Å². The van der Waals surface area contributed by atoms with Crippen LogP contribution in [0.1, 0.15) is 47.5 Å². The Bertz CT molecular complexity index is 193. The number of hydrogen-bond acceptors (Lipinski definition) is 2. The third-order valence-electron chi connectivity index (χ3n) is 3.26. The Balaban J connectivity index is 2.85. The number of ether oxygens (including phenoxy) is 1. The van der Waals surface area contributed by atoms with E-state index >= 15 is 0 Å². The predicted octanol–water partition coefficient (Wildman–Crippen LogP) is 2.88. The topological polar surface area (TPSA) is 12.5 Å². The van der Waals surface area contributed by atoms with Gasteiger partial charge in [0.05, 0.1) is 0 Å². The van der Waals surface area contributed by atoms with Crippen LogP contribution in [0.4, 0.5) is 0 Å². The van der Waals surface area contributed by atoms with Gasteiger partial charge in [-0.05, 0) is 33.6 Å². The van der Waals surface area contributed by atoms with Crippen LogP contribution >= 0.6 is 0 Å². The van der Waals surface area contributed by atoms with Crippen molar-refractivity contribution in [3.05, 3.63) is 0 Å². The van der Waals surface area contributed by atoms with Crippen molar-refractivity contribution in [2.24, 2.45) is 5.41 Å². The minimum atomic E-state index is 0.207. The maximum absolute atomic E-state index is 5.67. The smallest absolute Gasteiger partial charge is 0.115 e. The van der Waals surface area contributed by atoms with E-state index in [0.717, 1.165) is 6.54 Å². The lowest BCUT2D eigenvalue weighted by Crippen LogP contribution is -2.57. The fourth-order valence-corrected chi connectivity index (χ4v) is 2.50. The molecular weight excluding hydrogens is 174 g/mol. The van der Waals surface area contributed by atoms with E-state index in [4.69, 9.17) is 4.74 Å². The molecule has 0 radical (unpaired) electrons. The van der Waals surface area contributed by atoms with E-state index < -0.39 is 0 Å². The first-order chi connectivity index (χ1) is 6.29. The summed E-state index contributed by atoms with van der Waals surface area (Å²) in [6.45, 7) is 12.6. The zero-order chi connectivity index (χ0) is 11.0. The highest BCUT2D eigenvalue weighted by molar-refractivity contribution is 4.90. The number of nitrogens with zero attached hydrogens (tertiary/aromatic N) is 1. The van der Waals surface area contributed by atoms with Crippen molar-refractivity contribution < 1.29 is 4.74 Å². The fraction of sp³-hybridized carbons (Fsp3) is 1.00. The summed E-state index contributed by atoms with van der Waals surface area (Å²) in [5.41, 5.74) is 0.485. The first-order valence-electron chi connectivity index (χ1n) is 5.58. The largest absolute Gasteiger partial charge is 0.366 e. The summed E-state index contributed by atoms with van der Waals surface area (Å²) in [4.78, 5) is 2.48. The van der Waals surface area contributed by atoms with Crippen LogP contribution in [0.25, 0.3) is 0 Å². The van der Waals surface area contributed by atoms with Crippen LogP contribution in [0.3, 0.4) is 0 Å². The van der Waals surface area contributed by atoms with Gasteiger partial charge in [-0.3, -0.25) is 4.90 Å². The molecule has 1 saturated heterocycles. The molecule has 1 heterocycles. The van der Waals surface area contributed by atoms with Crippen molar-refractivity contribution in [3.8, 4) is 0 Å². The standard InChI is InChI=1S/C12H25NO/c1-11(2,3)13-9-7-8-12(4,5)10(13)14-6/h10H,7-9H2,1-6H3. The fourth-order valence-electron chi connectivity index (χ4n) is 2.50. The lowest BCUT2D eigenvalue weighted by Gasteiger charge is -2.51. The highest BCUT2D eigenvalue weighted by Crippen LogP contribution is 2.38. The average Bonchev–Trinajstić information content (AvgIpc) is 2.00. The van der Waals surface area contributed by atoms with Gasteiger partial charge < -0.3 is 4.74 Å². The molecule has 0 saturated carbocycles. The highest BCUT2D eigenvalue weighted by Gasteiger charge is 2.41. The Morgan fingerprint density at radius 3 is 2.21 bits per heavy atom. The number of rotatable bonds is 1. The molecule has 0 bridgehead atoms. The highest BCUT2D eigenvalue weighted by atomic mass is 16.5. The van der Waals surface area contributed by atoms with Crippen LogP contribution in [-0.4, -0.2) is 30.3 Å². The molecule has 0 aliphatic carbocycles. The van der Waals surface area contributed by atoms with E-state index in [-0.39, 0.29) is 17.2 Å². The molecule has 1 fully saturated rings. The van der Waals surface area contributed by atoms with Crippen molar-refractivity contribution in [1.29, 1.82) is 0 Å². The minimum absolute atomic E-state index is 0.207. The normalized spacial score (nSPS) is 29.1. The molecule has 2 heteroatoms. The van der Waals surface area contributed by atoms with Gasteiger partial charge in [0.25, 0.3) is 0 Å². The minimum Gasteiger partial charge on any atom is -0.366 e. The molecule has 1 aliphatic heterocycles. The van der Waals surface area contributed by atoms with Crippen LogP contribution in [0.5, 0.6) is 0 Å². The molecule has 0 aromatic carbocycles. The average molecular weight is 199 g/mol. The first-order valence-corrected chi connectivity index (χ1v) is 5.58. The van der Waals surface area contributed by atoms with E-state index in [1.54, 1.807) is 0 Å². The maximum Gasteiger partial charge on any atom is 0.115 e. The summed E-state index contributed by atoms with van der Waals surface area (Å²) in [6, 6.07) is 0. The van der Waals surface area contributed by atoms with Crippen molar-refractivity contribution >= 4 is 0 Å². The van der Waals surface area contributed by atoms with Crippen molar-refractivity contribution in [2.45, 2.75) is 59.2 Å². The molecule has 1 atom stereocenters. The third kappa shape index (κ3) is 2.29. The maximum atomic E-state index is 5.67. The molecule has 0 amide bonds. The van der Waals surface area contributed by atoms with Gasteiger partial charge in [-0.1, -0.05) is 13.8 Å². The second-order valence-electron chi connectivity index (χ2n) is 6.04. The van der Waals surface area contributed by atoms with E-state index in [2.05, 4.69) is 39.5 Å². The van der Waals surface area contributed by atoms with Crippen LogP contribution in [0.15, 0.2) is 0 Å². The summed E-state index contributed by atoms with van der Waals surface area (Å²) < 4.78 is 5.67. The van der Waals surface area contributed by atoms with Gasteiger partial charge in [-0.15, -0.1) is 0 Å². The predicted molar refractivity (Wildman–Crippen MR) is 60.3 cm³/mol. The van der Waals surface area contributed by atoms with Crippen molar-refractivity contribution in [3.63, 3.8) is 0 Å². The summed E-state index contributed by atoms with van der Waals surface area (Å²) in [5.74, 6) is 0. The zero-order valence-corrected chi connectivity index (χ0v) is 10.6. The molecule has 1 unspecified atom stereocenters. The Labute approximate surface area is 88.6 Å². The molecular formula is C12H25NO. The zero-order valence-electron chi connectivity index (χ0n) is 10.6. The second-order valence-corrected chi connectivity index (χ2v) is 6.04. The van der Waals surface area contributed by atoms with Gasteiger partial charge >= 0.3 is 0 Å². The lowest BCUT2D eigenvalue weighted by molar-refractivity contribution is -0.160. The summed E-state index contributed by atoms with van der Waals surface area (Å²) in [7, 11) is 1.83. The summed E-state index contributed by atoms with van der Waals surface area (Å²) in [6.07, 6.45) is 2.80. The first kappa shape index (κ1) is 12.0. The van der Waals surface area contributed by atoms with Gasteiger partial charge in [0, 0.05) is 24.6 Å². The molecule has 0 aromatic heterocycles. The van der Waals surface area contributed by atoms with Gasteiger partial charge in [0.1, 0.15) is 6.23 Å². The van der Waals surface area contributed by atoms with E-state index in [9.17, 15) is 0 Å². The van der Waals surface area contributed by atoms with Crippen molar-refractivity contribution in [1.82, 2.24) is 4.90 Å². The monoisotopic (exact) mass is 199 g/mol. The molecule has 1 rings (SSSR count). The van der Waals surface area contributed by atoms with E-state index in [1.807, 2.05) is 7.11 Å². The Morgan fingerprint density at radius 2 is 1.86 bits per heavy atom. The number of piperidine rings is 1.